The summed E-state index contributed by atoms with van der Waals surface area (Å²) >= 11 is 0. The summed E-state index contributed by atoms with van der Waals surface area (Å²) in [7, 11) is -2.74. The molecule has 0 heterocycles. The monoisotopic (exact) mass is 251 g/mol. The van der Waals surface area contributed by atoms with Crippen LogP contribution in [0, 0.1) is 11.6 Å². The third kappa shape index (κ3) is 2.75. The van der Waals surface area contributed by atoms with E-state index in [2.05, 4.69) is 0 Å². The average molecular weight is 251 g/mol. The van der Waals surface area contributed by atoms with Crippen molar-refractivity contribution >= 4 is 10.0 Å². The summed E-state index contributed by atoms with van der Waals surface area (Å²) in [6, 6.07) is 2.05. The zero-order chi connectivity index (χ0) is 12.3. The number of rotatable bonds is 4. The van der Waals surface area contributed by atoms with Gasteiger partial charge in [-0.25, -0.2) is 17.2 Å². The van der Waals surface area contributed by atoms with Gasteiger partial charge in [-0.15, -0.1) is 0 Å². The molecule has 0 saturated heterocycles. The van der Waals surface area contributed by atoms with Crippen molar-refractivity contribution < 1.29 is 22.3 Å². The first-order valence-electron chi connectivity index (χ1n) is 4.41. The highest BCUT2D eigenvalue weighted by Crippen LogP contribution is 2.16. The zero-order valence-electron chi connectivity index (χ0n) is 8.52. The minimum atomic E-state index is -3.95. The molecular weight excluding hydrogens is 240 g/mol. The van der Waals surface area contributed by atoms with Crippen LogP contribution in [0.3, 0.4) is 0 Å². The molecule has 0 atom stereocenters. The minimum Gasteiger partial charge on any atom is -0.395 e. The highest BCUT2D eigenvalue weighted by Gasteiger charge is 2.21. The van der Waals surface area contributed by atoms with E-state index in [1.165, 1.54) is 7.05 Å². The highest BCUT2D eigenvalue weighted by atomic mass is 32.2. The standard InChI is InChI=1S/C9H11F2NO3S/c1-12(2-3-13)16(14,15)9-5-7(10)4-8(11)6-9/h4-6,13H,2-3H2,1H3. The van der Waals surface area contributed by atoms with E-state index in [-0.39, 0.29) is 13.2 Å². The molecule has 0 aromatic heterocycles. The second-order valence-electron chi connectivity index (χ2n) is 3.16. The Kier molecular flexibility index (Phi) is 3.95. The van der Waals surface area contributed by atoms with Crippen molar-refractivity contribution in [3.8, 4) is 0 Å². The van der Waals surface area contributed by atoms with Gasteiger partial charge in [-0.3, -0.25) is 0 Å². The van der Waals surface area contributed by atoms with Crippen LogP contribution in [0.5, 0.6) is 0 Å². The van der Waals surface area contributed by atoms with Crippen molar-refractivity contribution in [1.82, 2.24) is 4.31 Å². The fourth-order valence-corrected chi connectivity index (χ4v) is 2.32. The van der Waals surface area contributed by atoms with Gasteiger partial charge in [-0.1, -0.05) is 0 Å². The minimum absolute atomic E-state index is 0.138. The van der Waals surface area contributed by atoms with E-state index in [9.17, 15) is 17.2 Å². The average Bonchev–Trinajstić information content (AvgIpc) is 2.16. The van der Waals surface area contributed by atoms with E-state index in [1.807, 2.05) is 0 Å². The van der Waals surface area contributed by atoms with Gasteiger partial charge in [0.2, 0.25) is 10.0 Å². The van der Waals surface area contributed by atoms with E-state index in [0.29, 0.717) is 6.07 Å². The van der Waals surface area contributed by atoms with Gasteiger partial charge in [0.25, 0.3) is 0 Å². The van der Waals surface area contributed by atoms with Gasteiger partial charge in [-0.2, -0.15) is 4.31 Å². The fraction of sp³-hybridized carbons (Fsp3) is 0.333. The molecule has 16 heavy (non-hydrogen) atoms. The van der Waals surface area contributed by atoms with Crippen molar-refractivity contribution in [3.05, 3.63) is 29.8 Å². The molecule has 0 bridgehead atoms. The Labute approximate surface area is 92.2 Å². The number of aliphatic hydroxyl groups excluding tert-OH is 1. The predicted molar refractivity (Wildman–Crippen MR) is 53.3 cm³/mol. The lowest BCUT2D eigenvalue weighted by atomic mass is 10.3. The van der Waals surface area contributed by atoms with E-state index < -0.39 is 26.6 Å². The maximum atomic E-state index is 12.8. The first kappa shape index (κ1) is 13.0. The lowest BCUT2D eigenvalue weighted by molar-refractivity contribution is 0.266. The molecule has 0 radical (unpaired) electrons. The lowest BCUT2D eigenvalue weighted by Crippen LogP contribution is -2.29. The fourth-order valence-electron chi connectivity index (χ4n) is 1.12. The topological polar surface area (TPSA) is 57.6 Å². The number of sulfonamides is 1. The van der Waals surface area contributed by atoms with Crippen LogP contribution in [0.4, 0.5) is 8.78 Å². The van der Waals surface area contributed by atoms with Crippen LogP contribution in [-0.2, 0) is 10.0 Å². The molecule has 0 spiro atoms. The van der Waals surface area contributed by atoms with E-state index in [1.54, 1.807) is 0 Å². The Balaban J connectivity index is 3.16. The molecule has 1 N–H and O–H groups in total. The molecule has 4 nitrogen and oxygen atoms in total. The predicted octanol–water partition coefficient (Wildman–Crippen LogP) is 0.578. The molecule has 7 heteroatoms. The van der Waals surface area contributed by atoms with Gasteiger partial charge in [0.05, 0.1) is 11.5 Å². The highest BCUT2D eigenvalue weighted by molar-refractivity contribution is 7.89. The van der Waals surface area contributed by atoms with Gasteiger partial charge in [0.15, 0.2) is 0 Å². The molecule has 1 aromatic carbocycles. The first-order chi connectivity index (χ1) is 7.37. The molecule has 0 amide bonds. The van der Waals surface area contributed by atoms with E-state index >= 15 is 0 Å². The summed E-state index contributed by atoms with van der Waals surface area (Å²) in [4.78, 5) is -0.471. The third-order valence-corrected chi connectivity index (χ3v) is 3.79. The van der Waals surface area contributed by atoms with Crippen LogP contribution in [0.2, 0.25) is 0 Å². The second kappa shape index (κ2) is 4.86. The van der Waals surface area contributed by atoms with Gasteiger partial charge >= 0.3 is 0 Å². The lowest BCUT2D eigenvalue weighted by Gasteiger charge is -2.15. The van der Waals surface area contributed by atoms with Gasteiger partial charge in [-0.05, 0) is 12.1 Å². The van der Waals surface area contributed by atoms with Crippen LogP contribution in [0.25, 0.3) is 0 Å². The zero-order valence-corrected chi connectivity index (χ0v) is 9.34. The number of hydrogen-bond acceptors (Lipinski definition) is 3. The Morgan fingerprint density at radius 1 is 1.25 bits per heavy atom. The maximum Gasteiger partial charge on any atom is 0.243 e. The quantitative estimate of drug-likeness (QED) is 0.851. The number of likely N-dealkylation sites (N-methyl/N-ethyl adjacent to an activating group) is 1. The van der Waals surface area contributed by atoms with Crippen molar-refractivity contribution in [2.45, 2.75) is 4.90 Å². The molecule has 1 aromatic rings. The van der Waals surface area contributed by atoms with Crippen LogP contribution in [0.15, 0.2) is 23.1 Å². The summed E-state index contributed by atoms with van der Waals surface area (Å²) in [5, 5.41) is 8.60. The van der Waals surface area contributed by atoms with Gasteiger partial charge < -0.3 is 5.11 Å². The number of hydrogen-bond donors (Lipinski definition) is 1. The molecule has 0 aliphatic carbocycles. The molecule has 1 rings (SSSR count). The Morgan fingerprint density at radius 2 is 1.75 bits per heavy atom. The normalized spacial score (nSPS) is 12.1. The molecular formula is C9H11F2NO3S. The van der Waals surface area contributed by atoms with Gasteiger partial charge in [0.1, 0.15) is 11.6 Å². The molecule has 90 valence electrons. The number of halogens is 2. The molecule has 0 aliphatic rings. The smallest absolute Gasteiger partial charge is 0.243 e. The summed E-state index contributed by atoms with van der Waals surface area (Å²) in [6.45, 7) is -0.506. The van der Waals surface area contributed by atoms with Crippen molar-refractivity contribution in [2.75, 3.05) is 20.2 Å². The molecule has 0 aliphatic heterocycles. The SMILES string of the molecule is CN(CCO)S(=O)(=O)c1cc(F)cc(F)c1. The molecule has 0 unspecified atom stereocenters. The van der Waals surface area contributed by atoms with E-state index in [0.717, 1.165) is 16.4 Å². The van der Waals surface area contributed by atoms with Gasteiger partial charge in [0, 0.05) is 19.7 Å². The summed E-state index contributed by atoms with van der Waals surface area (Å²) in [5.74, 6) is -1.92. The van der Waals surface area contributed by atoms with Crippen LogP contribution < -0.4 is 0 Å². The largest absolute Gasteiger partial charge is 0.395 e. The Hall–Kier alpha value is -1.05. The Morgan fingerprint density at radius 3 is 2.19 bits per heavy atom. The summed E-state index contributed by atoms with van der Waals surface area (Å²) in [6.07, 6.45) is 0. The van der Waals surface area contributed by atoms with Crippen LogP contribution >= 0.6 is 0 Å². The molecule has 0 saturated carbocycles. The van der Waals surface area contributed by atoms with E-state index in [4.69, 9.17) is 5.11 Å². The Bertz CT molecular complexity index is 455. The van der Waals surface area contributed by atoms with Crippen LogP contribution in [-0.4, -0.2) is 38.0 Å². The van der Waals surface area contributed by atoms with Crippen LogP contribution in [0.1, 0.15) is 0 Å². The third-order valence-electron chi connectivity index (χ3n) is 1.96. The summed E-state index contributed by atoms with van der Waals surface area (Å²) in [5.41, 5.74) is 0. The number of aliphatic hydroxyl groups is 1. The first-order valence-corrected chi connectivity index (χ1v) is 5.85. The number of nitrogens with zero attached hydrogens (tertiary/aromatic N) is 1. The second-order valence-corrected chi connectivity index (χ2v) is 5.20. The number of benzene rings is 1. The maximum absolute atomic E-state index is 12.8. The molecule has 0 fully saturated rings. The van der Waals surface area contributed by atoms with Crippen molar-refractivity contribution in [3.63, 3.8) is 0 Å². The van der Waals surface area contributed by atoms with Crippen molar-refractivity contribution in [2.24, 2.45) is 0 Å². The summed E-state index contributed by atoms with van der Waals surface area (Å²) < 4.78 is 49.9. The van der Waals surface area contributed by atoms with Crippen molar-refractivity contribution in [1.29, 1.82) is 0 Å².